The molecule has 1 atom stereocenters. The van der Waals surface area contributed by atoms with Gasteiger partial charge in [-0.15, -0.1) is 0 Å². The minimum absolute atomic E-state index is 0.0632. The van der Waals surface area contributed by atoms with Gasteiger partial charge in [0.15, 0.2) is 0 Å². The van der Waals surface area contributed by atoms with Crippen molar-refractivity contribution < 1.29 is 9.53 Å². The molecule has 5 heteroatoms. The number of nitrogens with one attached hydrogen (secondary N) is 1. The molecule has 2 aromatic rings. The predicted molar refractivity (Wildman–Crippen MR) is 92.7 cm³/mol. The molecule has 1 heterocycles. The summed E-state index contributed by atoms with van der Waals surface area (Å²) in [7, 11) is 1.66. The number of methoxy groups -OCH3 is 1. The van der Waals surface area contributed by atoms with Gasteiger partial charge in [-0.3, -0.25) is 4.79 Å². The molecule has 0 fully saturated rings. The minimum atomic E-state index is 0.0632. The van der Waals surface area contributed by atoms with Gasteiger partial charge in [0, 0.05) is 56.6 Å². The van der Waals surface area contributed by atoms with E-state index in [4.69, 9.17) is 16.3 Å². The number of nitrogens with zero attached hydrogens (tertiary/aromatic N) is 1. The summed E-state index contributed by atoms with van der Waals surface area (Å²) < 4.78 is 7.08. The number of aromatic nitrogens is 1. The molecule has 1 aromatic heterocycles. The van der Waals surface area contributed by atoms with Crippen LogP contribution in [0, 0.1) is 0 Å². The van der Waals surface area contributed by atoms with Gasteiger partial charge >= 0.3 is 0 Å². The van der Waals surface area contributed by atoms with Gasteiger partial charge in [0.25, 0.3) is 0 Å². The number of amides is 1. The number of ether oxygens (including phenoxy) is 1. The molecule has 0 saturated heterocycles. The van der Waals surface area contributed by atoms with E-state index < -0.39 is 0 Å². The molecule has 23 heavy (non-hydrogen) atoms. The van der Waals surface area contributed by atoms with E-state index in [0.29, 0.717) is 24.6 Å². The Morgan fingerprint density at radius 2 is 1.96 bits per heavy atom. The second-order valence-electron chi connectivity index (χ2n) is 5.53. The smallest absolute Gasteiger partial charge is 0.220 e. The zero-order valence-corrected chi connectivity index (χ0v) is 14.1. The van der Waals surface area contributed by atoms with Crippen LogP contribution in [0.2, 0.25) is 5.02 Å². The van der Waals surface area contributed by atoms with E-state index in [-0.39, 0.29) is 11.8 Å². The van der Waals surface area contributed by atoms with Crippen LogP contribution in [0.5, 0.6) is 0 Å². The maximum Gasteiger partial charge on any atom is 0.220 e. The Kier molecular flexibility index (Phi) is 7.17. The molecule has 0 aliphatic carbocycles. The zero-order chi connectivity index (χ0) is 16.5. The first-order valence-corrected chi connectivity index (χ1v) is 8.18. The maximum absolute atomic E-state index is 12.2. The highest BCUT2D eigenvalue weighted by atomic mass is 35.5. The second-order valence-corrected chi connectivity index (χ2v) is 5.97. The molecule has 0 radical (unpaired) electrons. The Labute approximate surface area is 142 Å². The van der Waals surface area contributed by atoms with E-state index in [1.165, 1.54) is 0 Å². The number of rotatable bonds is 9. The van der Waals surface area contributed by atoms with Crippen LogP contribution in [0.1, 0.15) is 24.3 Å². The molecule has 1 aromatic carbocycles. The van der Waals surface area contributed by atoms with E-state index in [0.717, 1.165) is 18.5 Å². The number of hydrogen-bond acceptors (Lipinski definition) is 2. The van der Waals surface area contributed by atoms with Crippen LogP contribution in [0.25, 0.3) is 0 Å². The standard InChI is InChI=1S/C18H23ClN2O2/c1-23-12-4-9-20-18(22)13-16(14-21-10-2-3-11-21)15-5-7-17(19)8-6-15/h2-3,5-8,10-11,16H,4,9,12-14H2,1H3,(H,20,22)/t16-/m0/s1. The van der Waals surface area contributed by atoms with Crippen molar-refractivity contribution in [1.82, 2.24) is 9.88 Å². The third-order valence-electron chi connectivity index (χ3n) is 3.72. The molecule has 0 aliphatic heterocycles. The third kappa shape index (κ3) is 6.08. The fourth-order valence-electron chi connectivity index (χ4n) is 2.51. The topological polar surface area (TPSA) is 43.3 Å². The molecule has 4 nitrogen and oxygen atoms in total. The Balaban J connectivity index is 1.98. The highest BCUT2D eigenvalue weighted by Gasteiger charge is 2.16. The maximum atomic E-state index is 12.2. The summed E-state index contributed by atoms with van der Waals surface area (Å²) in [5.74, 6) is 0.176. The Bertz CT molecular complexity index is 582. The quantitative estimate of drug-likeness (QED) is 0.714. The third-order valence-corrected chi connectivity index (χ3v) is 3.97. The van der Waals surface area contributed by atoms with Gasteiger partial charge in [0.1, 0.15) is 0 Å². The number of carbonyl (C=O) groups excluding carboxylic acids is 1. The van der Waals surface area contributed by atoms with Gasteiger partial charge < -0.3 is 14.6 Å². The molecule has 124 valence electrons. The molecule has 1 amide bonds. The van der Waals surface area contributed by atoms with Gasteiger partial charge in [-0.05, 0) is 36.2 Å². The average Bonchev–Trinajstić information content (AvgIpc) is 3.05. The van der Waals surface area contributed by atoms with Crippen molar-refractivity contribution in [2.75, 3.05) is 20.3 Å². The van der Waals surface area contributed by atoms with Crippen molar-refractivity contribution in [2.24, 2.45) is 0 Å². The zero-order valence-electron chi connectivity index (χ0n) is 13.4. The fraction of sp³-hybridized carbons (Fsp3) is 0.389. The van der Waals surface area contributed by atoms with Crippen LogP contribution in [-0.2, 0) is 16.1 Å². The van der Waals surface area contributed by atoms with Crippen LogP contribution in [0.15, 0.2) is 48.8 Å². The van der Waals surface area contributed by atoms with Crippen molar-refractivity contribution in [3.05, 3.63) is 59.4 Å². The van der Waals surface area contributed by atoms with Crippen LogP contribution in [-0.4, -0.2) is 30.7 Å². The lowest BCUT2D eigenvalue weighted by Gasteiger charge is -2.18. The van der Waals surface area contributed by atoms with Crippen LogP contribution < -0.4 is 5.32 Å². The lowest BCUT2D eigenvalue weighted by molar-refractivity contribution is -0.121. The summed E-state index contributed by atoms with van der Waals surface area (Å²) in [6, 6.07) is 11.7. The van der Waals surface area contributed by atoms with Gasteiger partial charge in [0.05, 0.1) is 0 Å². The summed E-state index contributed by atoms with van der Waals surface area (Å²) in [4.78, 5) is 12.2. The first-order valence-electron chi connectivity index (χ1n) is 7.81. The van der Waals surface area contributed by atoms with Crippen molar-refractivity contribution >= 4 is 17.5 Å². The summed E-state index contributed by atoms with van der Waals surface area (Å²) in [6.45, 7) is 2.06. The van der Waals surface area contributed by atoms with Crippen LogP contribution >= 0.6 is 11.6 Å². The molecular formula is C18H23ClN2O2. The van der Waals surface area contributed by atoms with E-state index in [1.54, 1.807) is 7.11 Å². The minimum Gasteiger partial charge on any atom is -0.385 e. The fourth-order valence-corrected chi connectivity index (χ4v) is 2.64. The Hall–Kier alpha value is -1.78. The molecule has 0 saturated carbocycles. The summed E-state index contributed by atoms with van der Waals surface area (Å²) >= 11 is 5.97. The molecule has 0 bridgehead atoms. The summed E-state index contributed by atoms with van der Waals surface area (Å²) in [6.07, 6.45) is 5.30. The number of halogens is 1. The molecule has 0 aliphatic rings. The Morgan fingerprint density at radius 3 is 2.61 bits per heavy atom. The van der Waals surface area contributed by atoms with Crippen molar-refractivity contribution in [2.45, 2.75) is 25.3 Å². The van der Waals surface area contributed by atoms with Crippen molar-refractivity contribution in [3.63, 3.8) is 0 Å². The van der Waals surface area contributed by atoms with Gasteiger partial charge in [-0.2, -0.15) is 0 Å². The average molecular weight is 335 g/mol. The lowest BCUT2D eigenvalue weighted by Crippen LogP contribution is -2.27. The van der Waals surface area contributed by atoms with E-state index in [1.807, 2.05) is 48.8 Å². The lowest BCUT2D eigenvalue weighted by atomic mass is 9.95. The first kappa shape index (κ1) is 17.6. The highest BCUT2D eigenvalue weighted by molar-refractivity contribution is 6.30. The van der Waals surface area contributed by atoms with E-state index in [2.05, 4.69) is 9.88 Å². The predicted octanol–water partition coefficient (Wildman–Crippen LogP) is 3.47. The van der Waals surface area contributed by atoms with Gasteiger partial charge in [-0.25, -0.2) is 0 Å². The second kappa shape index (κ2) is 9.38. The first-order chi connectivity index (χ1) is 11.2. The van der Waals surface area contributed by atoms with E-state index in [9.17, 15) is 4.79 Å². The summed E-state index contributed by atoms with van der Waals surface area (Å²) in [5.41, 5.74) is 1.12. The van der Waals surface area contributed by atoms with Gasteiger partial charge in [-0.1, -0.05) is 23.7 Å². The summed E-state index contributed by atoms with van der Waals surface area (Å²) in [5, 5.41) is 3.66. The van der Waals surface area contributed by atoms with Crippen LogP contribution in [0.3, 0.4) is 0 Å². The van der Waals surface area contributed by atoms with Crippen molar-refractivity contribution in [3.8, 4) is 0 Å². The monoisotopic (exact) mass is 334 g/mol. The van der Waals surface area contributed by atoms with Crippen molar-refractivity contribution in [1.29, 1.82) is 0 Å². The van der Waals surface area contributed by atoms with Gasteiger partial charge in [0.2, 0.25) is 5.91 Å². The number of hydrogen-bond donors (Lipinski definition) is 1. The number of benzene rings is 1. The van der Waals surface area contributed by atoms with E-state index >= 15 is 0 Å². The van der Waals surface area contributed by atoms with Crippen LogP contribution in [0.4, 0.5) is 0 Å². The molecule has 1 N–H and O–H groups in total. The largest absolute Gasteiger partial charge is 0.385 e. The SMILES string of the molecule is COCCCNC(=O)C[C@@H](Cn1cccc1)c1ccc(Cl)cc1. The molecule has 0 unspecified atom stereocenters. The molecule has 0 spiro atoms. The number of carbonyl (C=O) groups is 1. The molecular weight excluding hydrogens is 312 g/mol. The molecule has 2 rings (SSSR count). The normalized spacial score (nSPS) is 12.1. The Morgan fingerprint density at radius 1 is 1.26 bits per heavy atom. The highest BCUT2D eigenvalue weighted by Crippen LogP contribution is 2.23.